The Labute approximate surface area is 86.0 Å². The van der Waals surface area contributed by atoms with Crippen LogP contribution in [0.5, 0.6) is 0 Å². The van der Waals surface area contributed by atoms with Crippen molar-refractivity contribution in [3.8, 4) is 0 Å². The molecule has 0 atom stereocenters. The van der Waals surface area contributed by atoms with Gasteiger partial charge in [0, 0.05) is 13.3 Å². The molecule has 16 heavy (non-hydrogen) atoms. The summed E-state index contributed by atoms with van der Waals surface area (Å²) < 4.78 is 76.0. The van der Waals surface area contributed by atoms with E-state index >= 15 is 0 Å². The van der Waals surface area contributed by atoms with E-state index in [0.29, 0.717) is 0 Å². The van der Waals surface area contributed by atoms with Crippen LogP contribution < -0.4 is 0 Å². The first-order valence-corrected chi connectivity index (χ1v) is 3.91. The first-order chi connectivity index (χ1) is 6.92. The minimum Gasteiger partial charge on any atom is -0.466 e. The second-order valence-corrected chi connectivity index (χ2v) is 2.95. The monoisotopic (exact) mass is 254 g/mol. The smallest absolute Gasteiger partial charge is 0.426 e. The Morgan fingerprint density at radius 2 is 1.50 bits per heavy atom. The Kier molecular flexibility index (Phi) is 4.20. The predicted molar refractivity (Wildman–Crippen MR) is 38.3 cm³/mol. The Bertz CT molecular complexity index is 242. The predicted octanol–water partition coefficient (Wildman–Crippen LogP) is 1.80. The van der Waals surface area contributed by atoms with Crippen LogP contribution in [0.15, 0.2) is 0 Å². The summed E-state index contributed by atoms with van der Waals surface area (Å²) in [5, 5.41) is 8.56. The largest absolute Gasteiger partial charge is 0.466 e. The van der Waals surface area contributed by atoms with Gasteiger partial charge in [0.05, 0.1) is 6.61 Å². The van der Waals surface area contributed by atoms with Gasteiger partial charge in [0.1, 0.15) is 0 Å². The first kappa shape index (κ1) is 15.0. The molecule has 96 valence electrons. The van der Waals surface area contributed by atoms with Crippen molar-refractivity contribution in [2.75, 3.05) is 6.61 Å². The van der Waals surface area contributed by atoms with Crippen LogP contribution >= 0.6 is 0 Å². The highest BCUT2D eigenvalue weighted by molar-refractivity contribution is 5.65. The summed E-state index contributed by atoms with van der Waals surface area (Å²) in [6.45, 7) is -0.356. The molecule has 0 saturated heterocycles. The van der Waals surface area contributed by atoms with Gasteiger partial charge in [-0.1, -0.05) is 0 Å². The lowest BCUT2D eigenvalue weighted by Crippen LogP contribution is -2.57. The van der Waals surface area contributed by atoms with Gasteiger partial charge in [0.25, 0.3) is 5.60 Å². The van der Waals surface area contributed by atoms with Gasteiger partial charge in [-0.25, -0.2) is 0 Å². The van der Waals surface area contributed by atoms with Gasteiger partial charge in [-0.15, -0.1) is 0 Å². The van der Waals surface area contributed by atoms with Crippen LogP contribution in [0.25, 0.3) is 0 Å². The maximum atomic E-state index is 12.0. The molecule has 0 saturated carbocycles. The summed E-state index contributed by atoms with van der Waals surface area (Å²) in [6.07, 6.45) is -13.6. The van der Waals surface area contributed by atoms with Crippen molar-refractivity contribution in [1.82, 2.24) is 0 Å². The van der Waals surface area contributed by atoms with E-state index in [4.69, 9.17) is 5.11 Å². The second kappa shape index (κ2) is 4.48. The summed E-state index contributed by atoms with van der Waals surface area (Å²) in [5.74, 6) is -1.04. The fourth-order valence-corrected chi connectivity index (χ4v) is 0.787. The lowest BCUT2D eigenvalue weighted by atomic mass is 9.99. The molecular formula is C7H8F6O3. The number of aliphatic hydroxyl groups is 1. The zero-order valence-corrected chi connectivity index (χ0v) is 7.95. The minimum atomic E-state index is -5.88. The van der Waals surface area contributed by atoms with E-state index in [0.717, 1.165) is 6.92 Å². The van der Waals surface area contributed by atoms with Crippen molar-refractivity contribution in [2.24, 2.45) is 0 Å². The fraction of sp³-hybridized carbons (Fsp3) is 0.857. The highest BCUT2D eigenvalue weighted by Gasteiger charge is 2.69. The molecular weight excluding hydrogens is 246 g/mol. The number of esters is 1. The third-order valence-electron chi connectivity index (χ3n) is 1.71. The van der Waals surface area contributed by atoms with Gasteiger partial charge in [-0.05, 0) is 0 Å². The number of carbonyl (C=O) groups excluding carboxylic acids is 1. The minimum absolute atomic E-state index is 0.820. The van der Waals surface area contributed by atoms with Crippen LogP contribution in [-0.2, 0) is 9.53 Å². The Balaban J connectivity index is 4.78. The lowest BCUT2D eigenvalue weighted by Gasteiger charge is -2.31. The first-order valence-electron chi connectivity index (χ1n) is 3.91. The molecule has 0 aliphatic rings. The Morgan fingerprint density at radius 1 is 1.12 bits per heavy atom. The van der Waals surface area contributed by atoms with E-state index < -0.39 is 37.0 Å². The third kappa shape index (κ3) is 3.26. The van der Waals surface area contributed by atoms with Crippen LogP contribution in [0, 0.1) is 0 Å². The number of carbonyl (C=O) groups is 1. The number of hydrogen-bond acceptors (Lipinski definition) is 3. The van der Waals surface area contributed by atoms with Crippen molar-refractivity contribution in [3.05, 3.63) is 0 Å². The van der Waals surface area contributed by atoms with Crippen LogP contribution in [0.4, 0.5) is 26.3 Å². The SMILES string of the molecule is CC(=O)OCCC(O)(C(F)(F)F)C(F)(F)F. The molecule has 0 fully saturated rings. The molecule has 3 nitrogen and oxygen atoms in total. The maximum Gasteiger partial charge on any atom is 0.426 e. The number of rotatable bonds is 3. The zero-order valence-electron chi connectivity index (χ0n) is 7.95. The summed E-state index contributed by atoms with van der Waals surface area (Å²) in [4.78, 5) is 10.2. The molecule has 0 bridgehead atoms. The van der Waals surface area contributed by atoms with E-state index in [1.54, 1.807) is 0 Å². The number of ether oxygens (including phenoxy) is 1. The Morgan fingerprint density at radius 3 is 1.75 bits per heavy atom. The molecule has 0 amide bonds. The number of hydrogen-bond donors (Lipinski definition) is 1. The normalized spacial score (nSPS) is 13.8. The average Bonchev–Trinajstić information content (AvgIpc) is 1.98. The standard InChI is InChI=1S/C7H8F6O3/c1-4(14)16-3-2-5(15,6(8,9)10)7(11,12)13/h15H,2-3H2,1H3. The second-order valence-electron chi connectivity index (χ2n) is 2.95. The van der Waals surface area contributed by atoms with E-state index in [2.05, 4.69) is 4.74 Å². The molecule has 0 unspecified atom stereocenters. The van der Waals surface area contributed by atoms with Gasteiger partial charge in [-0.2, -0.15) is 26.3 Å². The molecule has 0 aromatic heterocycles. The lowest BCUT2D eigenvalue weighted by molar-refractivity contribution is -0.371. The molecule has 0 heterocycles. The van der Waals surface area contributed by atoms with E-state index in [9.17, 15) is 31.1 Å². The van der Waals surface area contributed by atoms with Crippen LogP contribution in [-0.4, -0.2) is 35.6 Å². The fourth-order valence-electron chi connectivity index (χ4n) is 0.787. The zero-order chi connectivity index (χ0) is 13.2. The highest BCUT2D eigenvalue weighted by atomic mass is 19.4. The van der Waals surface area contributed by atoms with Crippen LogP contribution in [0.3, 0.4) is 0 Å². The molecule has 0 aliphatic carbocycles. The molecule has 0 aromatic carbocycles. The van der Waals surface area contributed by atoms with E-state index in [-0.39, 0.29) is 0 Å². The molecule has 0 aromatic rings. The number of alkyl halides is 6. The van der Waals surface area contributed by atoms with Gasteiger partial charge in [0.2, 0.25) is 0 Å². The van der Waals surface area contributed by atoms with Crippen molar-refractivity contribution >= 4 is 5.97 Å². The van der Waals surface area contributed by atoms with E-state index in [1.165, 1.54) is 0 Å². The highest BCUT2D eigenvalue weighted by Crippen LogP contribution is 2.45. The summed E-state index contributed by atoms with van der Waals surface area (Å²) >= 11 is 0. The maximum absolute atomic E-state index is 12.0. The average molecular weight is 254 g/mol. The Hall–Kier alpha value is -0.990. The van der Waals surface area contributed by atoms with Crippen molar-refractivity contribution in [2.45, 2.75) is 31.3 Å². The molecule has 9 heteroatoms. The van der Waals surface area contributed by atoms with Gasteiger partial charge >= 0.3 is 18.3 Å². The van der Waals surface area contributed by atoms with Crippen LogP contribution in [0.2, 0.25) is 0 Å². The quantitative estimate of drug-likeness (QED) is 0.617. The van der Waals surface area contributed by atoms with Crippen molar-refractivity contribution in [1.29, 1.82) is 0 Å². The number of halogens is 6. The van der Waals surface area contributed by atoms with Gasteiger partial charge in [0.15, 0.2) is 0 Å². The molecule has 0 radical (unpaired) electrons. The van der Waals surface area contributed by atoms with Crippen LogP contribution in [0.1, 0.15) is 13.3 Å². The van der Waals surface area contributed by atoms with Crippen molar-refractivity contribution in [3.63, 3.8) is 0 Å². The molecule has 0 spiro atoms. The molecule has 1 N–H and O–H groups in total. The molecule has 0 rings (SSSR count). The summed E-state index contributed by atoms with van der Waals surface area (Å²) in [6, 6.07) is 0. The third-order valence-corrected chi connectivity index (χ3v) is 1.71. The molecule has 0 aliphatic heterocycles. The summed E-state index contributed by atoms with van der Waals surface area (Å²) in [5.41, 5.74) is -4.87. The van der Waals surface area contributed by atoms with Crippen molar-refractivity contribution < 1.29 is 41.0 Å². The summed E-state index contributed by atoms with van der Waals surface area (Å²) in [7, 11) is 0. The van der Waals surface area contributed by atoms with Gasteiger partial charge < -0.3 is 9.84 Å². The van der Waals surface area contributed by atoms with Gasteiger partial charge in [-0.3, -0.25) is 4.79 Å². The van der Waals surface area contributed by atoms with E-state index in [1.807, 2.05) is 0 Å². The topological polar surface area (TPSA) is 46.5 Å².